The van der Waals surface area contributed by atoms with Gasteiger partial charge in [-0.3, -0.25) is 4.79 Å². The van der Waals surface area contributed by atoms with Gasteiger partial charge in [-0.05, 0) is 53.6 Å². The van der Waals surface area contributed by atoms with Gasteiger partial charge >= 0.3 is 0 Å². The van der Waals surface area contributed by atoms with E-state index >= 15 is 0 Å². The molecule has 46 heavy (non-hydrogen) atoms. The number of ketones is 1. The number of aliphatic hydroxyl groups is 1. The molecule has 1 aliphatic rings. The second kappa shape index (κ2) is 14.0. The van der Waals surface area contributed by atoms with E-state index in [0.717, 1.165) is 53.5 Å². The number of hydrogen-bond acceptors (Lipinski definition) is 4. The predicted octanol–water partition coefficient (Wildman–Crippen LogP) is 10.7. The number of allylic oxidation sites excluding steroid dienone is 2. The van der Waals surface area contributed by atoms with Crippen molar-refractivity contribution in [1.82, 2.24) is 4.98 Å². The van der Waals surface area contributed by atoms with E-state index in [9.17, 15) is 9.90 Å². The maximum Gasteiger partial charge on any atom is 0.162 e. The van der Waals surface area contributed by atoms with Gasteiger partial charge in [-0.1, -0.05) is 108 Å². The largest absolute Gasteiger partial charge is 0.512 e. The summed E-state index contributed by atoms with van der Waals surface area (Å²) in [5.41, 5.74) is 6.48. The summed E-state index contributed by atoms with van der Waals surface area (Å²) in [7, 11) is -1.59. The van der Waals surface area contributed by atoms with Crippen molar-refractivity contribution in [1.29, 1.82) is 0 Å². The van der Waals surface area contributed by atoms with Crippen LogP contribution in [0.1, 0.15) is 78.4 Å². The van der Waals surface area contributed by atoms with Gasteiger partial charge in [-0.25, -0.2) is 0 Å². The maximum atomic E-state index is 11.7. The van der Waals surface area contributed by atoms with E-state index in [-0.39, 0.29) is 48.9 Å². The molecule has 0 atom stereocenters. The minimum Gasteiger partial charge on any atom is -0.512 e. The smallest absolute Gasteiger partial charge is 0.162 e. The van der Waals surface area contributed by atoms with Crippen LogP contribution in [0, 0.1) is 17.9 Å². The Morgan fingerprint density at radius 3 is 2.24 bits per heavy atom. The number of aliphatic hydroxyl groups excluding tert-OH is 1. The third kappa shape index (κ3) is 6.29. The molecule has 6 rings (SSSR count). The Bertz CT molecular complexity index is 1910. The molecule has 0 fully saturated rings. The Morgan fingerprint density at radius 2 is 1.61 bits per heavy atom. The molecule has 0 saturated heterocycles. The molecule has 1 N–H and O–H groups in total. The van der Waals surface area contributed by atoms with Crippen LogP contribution in [0.3, 0.4) is 0 Å². The molecule has 5 aromatic rings. The first-order valence-corrected chi connectivity index (χ1v) is 20.1. The Hall–Kier alpha value is -3.05. The molecule has 1 radical (unpaired) electrons. The average Bonchev–Trinajstić information content (AvgIpc) is 3.37. The number of carbonyl (C=O) groups excluding carboxylic acids is 1. The van der Waals surface area contributed by atoms with Crippen LogP contribution in [-0.4, -0.2) is 23.9 Å². The number of aromatic nitrogens is 1. The summed E-state index contributed by atoms with van der Waals surface area (Å²) in [6, 6.07) is 21.0. The van der Waals surface area contributed by atoms with Crippen molar-refractivity contribution in [3.05, 3.63) is 83.8 Å². The molecule has 0 aliphatic heterocycles. The molecule has 4 nitrogen and oxygen atoms in total. The first kappa shape index (κ1) is 35.8. The molecule has 3 aromatic carbocycles. The van der Waals surface area contributed by atoms with Gasteiger partial charge < -0.3 is 14.5 Å². The van der Waals surface area contributed by atoms with Crippen LogP contribution in [0.25, 0.3) is 44.0 Å². The molecule has 0 saturated carbocycles. The van der Waals surface area contributed by atoms with Crippen LogP contribution in [0.4, 0.5) is 0 Å². The minimum atomic E-state index is -1.59. The van der Waals surface area contributed by atoms with Gasteiger partial charge in [0.25, 0.3) is 0 Å². The molecule has 0 spiro atoms. The molecule has 0 unspecified atom stereocenters. The number of pyridine rings is 1. The molecule has 245 valence electrons. The van der Waals surface area contributed by atoms with Crippen molar-refractivity contribution in [3.63, 3.8) is 0 Å². The van der Waals surface area contributed by atoms with Gasteiger partial charge in [0.1, 0.15) is 11.2 Å². The van der Waals surface area contributed by atoms with Crippen LogP contribution in [0.2, 0.25) is 19.6 Å². The van der Waals surface area contributed by atoms with Gasteiger partial charge in [-0.15, -0.1) is 23.3 Å². The molecule has 2 aromatic heterocycles. The van der Waals surface area contributed by atoms with Crippen LogP contribution in [0.15, 0.2) is 71.0 Å². The number of hydrogen-bond donors (Lipinski definition) is 1. The predicted molar refractivity (Wildman–Crippen MR) is 192 cm³/mol. The molecular formula is C40H48IrNO3Si-. The minimum absolute atomic E-state index is 0. The SMILES string of the molecule is CC1(C)c2c([c-]cc3ccccc23)-c2nccc3oc4c([Si](C)(C)C)ccc1c4c23.CCC(CC)C(=O)/C=C(\O)C(CC)CC.[Ir]. The summed E-state index contributed by atoms with van der Waals surface area (Å²) in [6.45, 7) is 19.9. The van der Waals surface area contributed by atoms with Crippen molar-refractivity contribution in [3.8, 4) is 11.3 Å². The Labute approximate surface area is 289 Å². The summed E-state index contributed by atoms with van der Waals surface area (Å²) >= 11 is 0. The Morgan fingerprint density at radius 1 is 0.957 bits per heavy atom. The van der Waals surface area contributed by atoms with E-state index in [1.165, 1.54) is 38.5 Å². The third-order valence-corrected chi connectivity index (χ3v) is 11.8. The van der Waals surface area contributed by atoms with E-state index in [1.54, 1.807) is 0 Å². The van der Waals surface area contributed by atoms with Crippen molar-refractivity contribution < 1.29 is 34.4 Å². The van der Waals surface area contributed by atoms with Crippen molar-refractivity contribution >= 4 is 51.8 Å². The second-order valence-electron chi connectivity index (χ2n) is 14.0. The Balaban J connectivity index is 0.000000259. The van der Waals surface area contributed by atoms with Crippen LogP contribution in [0.5, 0.6) is 0 Å². The quantitative estimate of drug-likeness (QED) is 0.0734. The zero-order valence-electron chi connectivity index (χ0n) is 28.8. The summed E-state index contributed by atoms with van der Waals surface area (Å²) in [5.74, 6) is 0.547. The van der Waals surface area contributed by atoms with Gasteiger partial charge in [0.05, 0.1) is 13.8 Å². The fraction of sp³-hybridized carbons (Fsp3) is 0.400. The van der Waals surface area contributed by atoms with Crippen molar-refractivity contribution in [2.24, 2.45) is 11.8 Å². The topological polar surface area (TPSA) is 63.3 Å². The second-order valence-corrected chi connectivity index (χ2v) is 19.0. The van der Waals surface area contributed by atoms with Gasteiger partial charge in [-0.2, -0.15) is 0 Å². The number of carbonyl (C=O) groups is 1. The molecule has 2 heterocycles. The summed E-state index contributed by atoms with van der Waals surface area (Å²) < 4.78 is 6.54. The van der Waals surface area contributed by atoms with E-state index in [0.29, 0.717) is 0 Å². The standard InChI is InChI=1S/C27H24NOSi.C13H24O2.Ir/c1-27(2)19-12-13-21(30(3,4)5)26-22(19)23-20(29-26)14-15-28-25(23)18-11-10-16-8-6-7-9-17(16)24(18)27;1-5-10(6-2)12(14)9-13(15)11(7-3)8-4;/h6-10,12-15H,1-5H3;9-11,14H,5-8H2,1-4H3;/q-1;;/b;12-9-;. The average molecular weight is 811 g/mol. The van der Waals surface area contributed by atoms with E-state index in [4.69, 9.17) is 9.40 Å². The zero-order valence-corrected chi connectivity index (χ0v) is 32.2. The van der Waals surface area contributed by atoms with Gasteiger partial charge in [0.2, 0.25) is 0 Å². The fourth-order valence-electron chi connectivity index (χ4n) is 7.08. The van der Waals surface area contributed by atoms with Crippen molar-refractivity contribution in [2.75, 3.05) is 0 Å². The molecular weight excluding hydrogens is 763 g/mol. The molecule has 6 heteroatoms. The zero-order chi connectivity index (χ0) is 32.7. The third-order valence-electron chi connectivity index (χ3n) is 9.81. The monoisotopic (exact) mass is 811 g/mol. The summed E-state index contributed by atoms with van der Waals surface area (Å²) in [6.07, 6.45) is 6.78. The molecule has 0 amide bonds. The van der Waals surface area contributed by atoms with Crippen LogP contribution in [-0.2, 0) is 30.3 Å². The number of benzene rings is 3. The number of nitrogens with zero attached hydrogens (tertiary/aromatic N) is 1. The maximum absolute atomic E-state index is 11.7. The Kier molecular flexibility index (Phi) is 10.9. The summed E-state index contributed by atoms with van der Waals surface area (Å²) in [4.78, 5) is 16.6. The molecule has 1 aliphatic carbocycles. The molecule has 0 bridgehead atoms. The van der Waals surface area contributed by atoms with Crippen LogP contribution < -0.4 is 5.19 Å². The fourth-order valence-corrected chi connectivity index (χ4v) is 8.52. The van der Waals surface area contributed by atoms with Gasteiger partial charge in [0.15, 0.2) is 5.78 Å². The van der Waals surface area contributed by atoms with E-state index in [1.807, 2.05) is 40.0 Å². The number of rotatable bonds is 8. The van der Waals surface area contributed by atoms with Crippen molar-refractivity contribution in [2.45, 2.75) is 92.3 Å². The van der Waals surface area contributed by atoms with E-state index in [2.05, 4.69) is 82.0 Å². The van der Waals surface area contributed by atoms with E-state index < -0.39 is 8.07 Å². The summed E-state index contributed by atoms with van der Waals surface area (Å²) in [5, 5.41) is 16.0. The van der Waals surface area contributed by atoms with Crippen LogP contribution >= 0.6 is 0 Å². The first-order chi connectivity index (χ1) is 21.4. The number of fused-ring (bicyclic) bond motifs is 4. The first-order valence-electron chi connectivity index (χ1n) is 16.6. The normalized spacial score (nSPS) is 13.9. The van der Waals surface area contributed by atoms with Gasteiger partial charge in [0, 0.05) is 55.0 Å². The number of furan rings is 1.